The molecule has 0 bridgehead atoms. The van der Waals surface area contributed by atoms with Gasteiger partial charge in [0.15, 0.2) is 0 Å². The number of esters is 1. The average Bonchev–Trinajstić information content (AvgIpc) is 2.61. The number of hydrogen-bond acceptors (Lipinski definition) is 5. The summed E-state index contributed by atoms with van der Waals surface area (Å²) >= 11 is 0. The fraction of sp³-hybridized carbons (Fsp3) is 0.650. The highest BCUT2D eigenvalue weighted by Gasteiger charge is 2.26. The molecule has 1 aliphatic rings. The molecular weight excluding hydrogens is 354 g/mol. The first-order valence-corrected chi connectivity index (χ1v) is 9.30. The highest BCUT2D eigenvalue weighted by Crippen LogP contribution is 2.26. The van der Waals surface area contributed by atoms with Crippen molar-refractivity contribution in [2.45, 2.75) is 45.6 Å². The largest absolute Gasteiger partial charge is 0.491 e. The molecule has 26 heavy (non-hydrogen) atoms. The smallest absolute Gasteiger partial charge is 0.309 e. The Kier molecular flexibility index (Phi) is 9.99. The van der Waals surface area contributed by atoms with Gasteiger partial charge in [-0.1, -0.05) is 32.0 Å². The number of carbonyl (C=O) groups excluding carboxylic acids is 1. The molecule has 1 heterocycles. The molecule has 0 radical (unpaired) electrons. The highest BCUT2D eigenvalue weighted by molar-refractivity contribution is 5.85. The second kappa shape index (κ2) is 11.4. The van der Waals surface area contributed by atoms with Gasteiger partial charge in [-0.25, -0.2) is 0 Å². The Labute approximate surface area is 163 Å². The van der Waals surface area contributed by atoms with E-state index < -0.39 is 6.10 Å². The van der Waals surface area contributed by atoms with Crippen LogP contribution in [0.25, 0.3) is 0 Å². The van der Waals surface area contributed by atoms with Gasteiger partial charge in [0.05, 0.1) is 12.5 Å². The molecule has 148 valence electrons. The maximum atomic E-state index is 11.8. The molecule has 1 N–H and O–H groups in total. The third-order valence-corrected chi connectivity index (χ3v) is 4.65. The molecular formula is C20H32ClNO4. The minimum absolute atomic E-state index is 0. The lowest BCUT2D eigenvalue weighted by molar-refractivity contribution is -0.149. The number of aliphatic hydroxyl groups excluding tert-OH is 1. The monoisotopic (exact) mass is 385 g/mol. The molecule has 1 aromatic carbocycles. The summed E-state index contributed by atoms with van der Waals surface area (Å²) in [5, 5.41) is 10.3. The maximum Gasteiger partial charge on any atom is 0.309 e. The quantitative estimate of drug-likeness (QED) is 0.696. The molecule has 0 aromatic heterocycles. The zero-order valence-corrected chi connectivity index (χ0v) is 16.8. The van der Waals surface area contributed by atoms with Crippen molar-refractivity contribution in [1.29, 1.82) is 0 Å². The van der Waals surface area contributed by atoms with Crippen LogP contribution in [0.4, 0.5) is 0 Å². The number of nitrogens with zero attached hydrogens (tertiary/aromatic N) is 1. The van der Waals surface area contributed by atoms with E-state index in [1.165, 1.54) is 0 Å². The number of likely N-dealkylation sites (tertiary alicyclic amines) is 1. The number of ether oxygens (including phenoxy) is 2. The van der Waals surface area contributed by atoms with Crippen molar-refractivity contribution < 1.29 is 19.4 Å². The zero-order chi connectivity index (χ0) is 18.2. The van der Waals surface area contributed by atoms with Crippen LogP contribution in [0.3, 0.4) is 0 Å². The Hall–Kier alpha value is -1.30. The van der Waals surface area contributed by atoms with Gasteiger partial charge in [-0.15, -0.1) is 12.4 Å². The number of rotatable bonds is 8. The van der Waals surface area contributed by atoms with Crippen LogP contribution in [0.2, 0.25) is 0 Å². The standard InChI is InChI=1S/C20H31NO4.ClH/c1-4-24-20(23)16-9-11-21(12-10-16)13-17(22)14-25-19-8-6-5-7-18(19)15(2)3;/h5-8,15-17,22H,4,9-14H2,1-3H3;1H. The van der Waals surface area contributed by atoms with Crippen molar-refractivity contribution >= 4 is 18.4 Å². The average molecular weight is 386 g/mol. The topological polar surface area (TPSA) is 59.0 Å². The molecule has 1 aliphatic heterocycles. The molecule has 5 nitrogen and oxygen atoms in total. The normalized spacial score (nSPS) is 16.8. The van der Waals surface area contributed by atoms with Gasteiger partial charge in [-0.05, 0) is 50.4 Å². The highest BCUT2D eigenvalue weighted by atomic mass is 35.5. The van der Waals surface area contributed by atoms with Crippen LogP contribution in [0, 0.1) is 5.92 Å². The van der Waals surface area contributed by atoms with E-state index in [2.05, 4.69) is 24.8 Å². The number of para-hydroxylation sites is 1. The van der Waals surface area contributed by atoms with E-state index in [4.69, 9.17) is 9.47 Å². The SMILES string of the molecule is CCOC(=O)C1CCN(CC(O)COc2ccccc2C(C)C)CC1.Cl. The summed E-state index contributed by atoms with van der Waals surface area (Å²) in [6, 6.07) is 7.97. The molecule has 6 heteroatoms. The number of carbonyl (C=O) groups is 1. The van der Waals surface area contributed by atoms with Crippen LogP contribution in [0.1, 0.15) is 45.1 Å². The van der Waals surface area contributed by atoms with E-state index in [0.717, 1.165) is 37.2 Å². The molecule has 0 spiro atoms. The van der Waals surface area contributed by atoms with Gasteiger partial charge in [0, 0.05) is 6.54 Å². The van der Waals surface area contributed by atoms with Crippen molar-refractivity contribution in [2.75, 3.05) is 32.8 Å². The lowest BCUT2D eigenvalue weighted by Gasteiger charge is -2.32. The first-order valence-electron chi connectivity index (χ1n) is 9.30. The fourth-order valence-corrected chi connectivity index (χ4v) is 3.24. The Morgan fingerprint density at radius 2 is 1.92 bits per heavy atom. The summed E-state index contributed by atoms with van der Waals surface area (Å²) in [7, 11) is 0. The first kappa shape index (κ1) is 22.7. The number of hydrogen-bond donors (Lipinski definition) is 1. The van der Waals surface area contributed by atoms with Crippen molar-refractivity contribution in [1.82, 2.24) is 4.90 Å². The van der Waals surface area contributed by atoms with E-state index in [9.17, 15) is 9.90 Å². The summed E-state index contributed by atoms with van der Waals surface area (Å²) in [5.41, 5.74) is 1.16. The van der Waals surface area contributed by atoms with Gasteiger partial charge >= 0.3 is 5.97 Å². The molecule has 1 saturated heterocycles. The van der Waals surface area contributed by atoms with E-state index in [-0.39, 0.29) is 30.9 Å². The van der Waals surface area contributed by atoms with Gasteiger partial charge in [0.25, 0.3) is 0 Å². The minimum Gasteiger partial charge on any atom is -0.491 e. The molecule has 0 saturated carbocycles. The van der Waals surface area contributed by atoms with Gasteiger partial charge in [-0.2, -0.15) is 0 Å². The van der Waals surface area contributed by atoms with Crippen LogP contribution in [-0.2, 0) is 9.53 Å². The van der Waals surface area contributed by atoms with E-state index >= 15 is 0 Å². The van der Waals surface area contributed by atoms with Gasteiger partial charge in [0.2, 0.25) is 0 Å². The zero-order valence-electron chi connectivity index (χ0n) is 16.0. The predicted molar refractivity (Wildman–Crippen MR) is 105 cm³/mol. The fourth-order valence-electron chi connectivity index (χ4n) is 3.24. The third-order valence-electron chi connectivity index (χ3n) is 4.65. The summed E-state index contributed by atoms with van der Waals surface area (Å²) in [4.78, 5) is 14.0. The molecule has 1 atom stereocenters. The van der Waals surface area contributed by atoms with E-state index in [1.54, 1.807) is 0 Å². The van der Waals surface area contributed by atoms with Crippen LogP contribution in [-0.4, -0.2) is 54.9 Å². The van der Waals surface area contributed by atoms with Crippen molar-refractivity contribution in [3.63, 3.8) is 0 Å². The molecule has 0 aliphatic carbocycles. The van der Waals surface area contributed by atoms with E-state index in [1.807, 2.05) is 25.1 Å². The lowest BCUT2D eigenvalue weighted by Crippen LogP contribution is -2.42. The summed E-state index contributed by atoms with van der Waals surface area (Å²) < 4.78 is 10.9. The van der Waals surface area contributed by atoms with Gasteiger partial charge in [-0.3, -0.25) is 4.79 Å². The number of halogens is 1. The Bertz CT molecular complexity index is 544. The summed E-state index contributed by atoms with van der Waals surface area (Å²) in [6.07, 6.45) is 1.05. The van der Waals surface area contributed by atoms with E-state index in [0.29, 0.717) is 19.1 Å². The van der Waals surface area contributed by atoms with Gasteiger partial charge in [0.1, 0.15) is 18.5 Å². The minimum atomic E-state index is -0.542. The van der Waals surface area contributed by atoms with Crippen LogP contribution in [0.15, 0.2) is 24.3 Å². The number of piperidine rings is 1. The maximum absolute atomic E-state index is 11.8. The number of benzene rings is 1. The molecule has 1 fully saturated rings. The van der Waals surface area contributed by atoms with Gasteiger partial charge < -0.3 is 19.5 Å². The Morgan fingerprint density at radius 1 is 1.27 bits per heavy atom. The second-order valence-corrected chi connectivity index (χ2v) is 6.98. The first-order chi connectivity index (χ1) is 12.0. The summed E-state index contributed by atoms with van der Waals surface area (Å²) in [6.45, 7) is 9.00. The molecule has 1 aromatic rings. The third kappa shape index (κ3) is 6.78. The van der Waals surface area contributed by atoms with Crippen molar-refractivity contribution in [2.24, 2.45) is 5.92 Å². The number of β-amino-alcohol motifs (C(OH)–C–C–N with tert-alkyl or cyclic N) is 1. The van der Waals surface area contributed by atoms with Crippen LogP contribution >= 0.6 is 12.4 Å². The van der Waals surface area contributed by atoms with Crippen molar-refractivity contribution in [3.05, 3.63) is 29.8 Å². The van der Waals surface area contributed by atoms with Crippen LogP contribution in [0.5, 0.6) is 5.75 Å². The number of aliphatic hydroxyl groups is 1. The van der Waals surface area contributed by atoms with Crippen molar-refractivity contribution in [3.8, 4) is 5.75 Å². The van der Waals surface area contributed by atoms with Crippen LogP contribution < -0.4 is 4.74 Å². The Balaban J connectivity index is 0.00000338. The second-order valence-electron chi connectivity index (χ2n) is 6.98. The lowest BCUT2D eigenvalue weighted by atomic mass is 9.97. The molecule has 1 unspecified atom stereocenters. The Morgan fingerprint density at radius 3 is 2.54 bits per heavy atom. The molecule has 0 amide bonds. The molecule has 2 rings (SSSR count). The summed E-state index contributed by atoms with van der Waals surface area (Å²) in [5.74, 6) is 1.15. The predicted octanol–water partition coefficient (Wildman–Crippen LogP) is 3.25.